The van der Waals surface area contributed by atoms with Crippen molar-refractivity contribution in [1.82, 2.24) is 9.88 Å². The van der Waals surface area contributed by atoms with Crippen LogP contribution in [0.5, 0.6) is 0 Å². The van der Waals surface area contributed by atoms with E-state index in [0.29, 0.717) is 12.1 Å². The molecule has 1 unspecified atom stereocenters. The van der Waals surface area contributed by atoms with Crippen LogP contribution in [0.3, 0.4) is 0 Å². The Morgan fingerprint density at radius 2 is 1.90 bits per heavy atom. The van der Waals surface area contributed by atoms with E-state index in [1.54, 1.807) is 6.20 Å². The molecule has 0 radical (unpaired) electrons. The van der Waals surface area contributed by atoms with E-state index in [-0.39, 0.29) is 11.5 Å². The lowest BCUT2D eigenvalue weighted by Gasteiger charge is -2.49. The van der Waals surface area contributed by atoms with Crippen LogP contribution in [0.25, 0.3) is 0 Å². The highest BCUT2D eigenvalue weighted by atomic mass is 19.1. The number of morpholine rings is 1. The first-order chi connectivity index (χ1) is 14.1. The maximum absolute atomic E-state index is 12.8. The number of ether oxygens (including phenoxy) is 1. The predicted octanol–water partition coefficient (Wildman–Crippen LogP) is 3.38. The van der Waals surface area contributed by atoms with Crippen molar-refractivity contribution in [2.24, 2.45) is 0 Å². The number of rotatable bonds is 5. The number of amides is 1. The number of halogens is 1. The van der Waals surface area contributed by atoms with Gasteiger partial charge in [0.25, 0.3) is 5.91 Å². The molecular formula is C23H28FN3O2. The average Bonchev–Trinajstić information content (AvgIpc) is 2.77. The van der Waals surface area contributed by atoms with Crippen LogP contribution in [-0.4, -0.2) is 53.7 Å². The molecule has 0 bridgehead atoms. The molecule has 2 aliphatic rings. The summed E-state index contributed by atoms with van der Waals surface area (Å²) in [4.78, 5) is 21.1. The molecule has 0 N–H and O–H groups in total. The molecule has 1 atom stereocenters. The van der Waals surface area contributed by atoms with Crippen LogP contribution in [0.1, 0.15) is 30.9 Å². The highest BCUT2D eigenvalue weighted by Gasteiger charge is 2.45. The Morgan fingerprint density at radius 1 is 1.17 bits per heavy atom. The van der Waals surface area contributed by atoms with Gasteiger partial charge in [0.2, 0.25) is 0 Å². The molecular weight excluding hydrogens is 369 g/mol. The summed E-state index contributed by atoms with van der Waals surface area (Å²) in [5, 5.41) is 0. The topological polar surface area (TPSA) is 45.7 Å². The van der Waals surface area contributed by atoms with Crippen LogP contribution in [0.15, 0.2) is 48.8 Å². The standard InChI is InChI=1S/C23H28FN3O2/c1-18-22(28)27(21-5-3-2-4-6-21)17-23(29-18)8-11-26(12-9-23)10-7-19-13-20(14-24)16-25-15-19/h2-6,13,15-16,18H,7-12,14,17H2,1H3. The van der Waals surface area contributed by atoms with Crippen LogP contribution in [0, 0.1) is 0 Å². The van der Waals surface area contributed by atoms with Gasteiger partial charge in [-0.1, -0.05) is 24.3 Å². The molecule has 5 nitrogen and oxygen atoms in total. The highest BCUT2D eigenvalue weighted by molar-refractivity contribution is 5.97. The molecule has 1 aromatic heterocycles. The predicted molar refractivity (Wildman–Crippen MR) is 111 cm³/mol. The number of hydrogen-bond donors (Lipinski definition) is 0. The number of carbonyl (C=O) groups is 1. The first-order valence-electron chi connectivity index (χ1n) is 10.3. The van der Waals surface area contributed by atoms with Crippen molar-refractivity contribution in [2.75, 3.05) is 31.1 Å². The van der Waals surface area contributed by atoms with Gasteiger partial charge >= 0.3 is 0 Å². The van der Waals surface area contributed by atoms with E-state index >= 15 is 0 Å². The first-order valence-corrected chi connectivity index (χ1v) is 10.3. The fourth-order valence-corrected chi connectivity index (χ4v) is 4.37. The Morgan fingerprint density at radius 3 is 2.62 bits per heavy atom. The van der Waals surface area contributed by atoms with Crippen molar-refractivity contribution >= 4 is 11.6 Å². The zero-order valence-corrected chi connectivity index (χ0v) is 16.9. The molecule has 1 aromatic carbocycles. The number of likely N-dealkylation sites (tertiary alicyclic amines) is 1. The zero-order chi connectivity index (χ0) is 20.3. The Labute approximate surface area is 171 Å². The number of aromatic nitrogens is 1. The number of pyridine rings is 1. The normalized spacial score (nSPS) is 22.2. The Kier molecular flexibility index (Phi) is 5.92. The summed E-state index contributed by atoms with van der Waals surface area (Å²) in [6.07, 6.45) is 5.63. The van der Waals surface area contributed by atoms with Crippen LogP contribution in [0.4, 0.5) is 10.1 Å². The lowest BCUT2D eigenvalue weighted by molar-refractivity contribution is -0.161. The van der Waals surface area contributed by atoms with Gasteiger partial charge in [0, 0.05) is 43.3 Å². The SMILES string of the molecule is CC1OC2(CCN(CCc3cncc(CF)c3)CC2)CN(c2ccccc2)C1=O. The van der Waals surface area contributed by atoms with E-state index in [0.717, 1.165) is 50.1 Å². The molecule has 154 valence electrons. The van der Waals surface area contributed by atoms with E-state index in [1.807, 2.05) is 54.4 Å². The number of nitrogens with zero attached hydrogens (tertiary/aromatic N) is 3. The van der Waals surface area contributed by atoms with Gasteiger partial charge in [-0.2, -0.15) is 0 Å². The van der Waals surface area contributed by atoms with Gasteiger partial charge in [-0.3, -0.25) is 9.78 Å². The molecule has 29 heavy (non-hydrogen) atoms. The molecule has 0 aliphatic carbocycles. The van der Waals surface area contributed by atoms with E-state index < -0.39 is 12.8 Å². The van der Waals surface area contributed by atoms with Crippen molar-refractivity contribution in [3.8, 4) is 0 Å². The van der Waals surface area contributed by atoms with Crippen LogP contribution >= 0.6 is 0 Å². The number of piperidine rings is 1. The average molecular weight is 397 g/mol. The Bertz CT molecular complexity index is 837. The molecule has 4 rings (SSSR count). The molecule has 0 saturated carbocycles. The summed E-state index contributed by atoms with van der Waals surface area (Å²) >= 11 is 0. The van der Waals surface area contributed by atoms with Crippen LogP contribution in [-0.2, 0) is 22.6 Å². The number of anilines is 1. The fraction of sp³-hybridized carbons (Fsp3) is 0.478. The van der Waals surface area contributed by atoms with Gasteiger partial charge < -0.3 is 14.5 Å². The van der Waals surface area contributed by atoms with Crippen LogP contribution in [0.2, 0.25) is 0 Å². The minimum absolute atomic E-state index is 0.0319. The van der Waals surface area contributed by atoms with Crippen LogP contribution < -0.4 is 4.90 Å². The van der Waals surface area contributed by atoms with E-state index in [4.69, 9.17) is 4.74 Å². The fourth-order valence-electron chi connectivity index (χ4n) is 4.37. The van der Waals surface area contributed by atoms with E-state index in [1.165, 1.54) is 0 Å². The lowest BCUT2D eigenvalue weighted by Crippen LogP contribution is -2.61. The minimum atomic E-state index is -0.473. The molecule has 2 aromatic rings. The van der Waals surface area contributed by atoms with E-state index in [2.05, 4.69) is 9.88 Å². The zero-order valence-electron chi connectivity index (χ0n) is 16.9. The first kappa shape index (κ1) is 20.0. The third-order valence-electron chi connectivity index (χ3n) is 6.04. The van der Waals surface area contributed by atoms with Gasteiger partial charge in [0.15, 0.2) is 0 Å². The largest absolute Gasteiger partial charge is 0.360 e. The van der Waals surface area contributed by atoms with Gasteiger partial charge in [0.1, 0.15) is 12.8 Å². The molecule has 2 aliphatic heterocycles. The summed E-state index contributed by atoms with van der Waals surface area (Å²) in [5.74, 6) is 0.0319. The van der Waals surface area contributed by atoms with Crippen molar-refractivity contribution in [3.05, 3.63) is 59.9 Å². The number of hydrogen-bond acceptors (Lipinski definition) is 4. The van der Waals surface area contributed by atoms with E-state index in [9.17, 15) is 9.18 Å². The maximum Gasteiger partial charge on any atom is 0.255 e. The highest BCUT2D eigenvalue weighted by Crippen LogP contribution is 2.35. The smallest absolute Gasteiger partial charge is 0.255 e. The van der Waals surface area contributed by atoms with Crippen molar-refractivity contribution in [2.45, 2.75) is 44.6 Å². The third kappa shape index (κ3) is 4.49. The summed E-state index contributed by atoms with van der Waals surface area (Å²) in [5.41, 5.74) is 2.36. The monoisotopic (exact) mass is 397 g/mol. The lowest BCUT2D eigenvalue weighted by atomic mass is 9.88. The molecule has 6 heteroatoms. The number of carbonyl (C=O) groups excluding carboxylic acids is 1. The van der Waals surface area contributed by atoms with Crippen molar-refractivity contribution in [1.29, 1.82) is 0 Å². The Balaban J connectivity index is 1.37. The summed E-state index contributed by atoms with van der Waals surface area (Å²) in [7, 11) is 0. The summed E-state index contributed by atoms with van der Waals surface area (Å²) in [6.45, 7) is 4.77. The molecule has 2 saturated heterocycles. The number of para-hydroxylation sites is 1. The third-order valence-corrected chi connectivity index (χ3v) is 6.04. The quantitative estimate of drug-likeness (QED) is 0.776. The second-order valence-electron chi connectivity index (χ2n) is 8.13. The minimum Gasteiger partial charge on any atom is -0.360 e. The molecule has 1 spiro atoms. The molecule has 1 amide bonds. The van der Waals surface area contributed by atoms with Crippen molar-refractivity contribution in [3.63, 3.8) is 0 Å². The Hall–Kier alpha value is -2.31. The number of benzene rings is 1. The summed E-state index contributed by atoms with van der Waals surface area (Å²) < 4.78 is 19.1. The van der Waals surface area contributed by atoms with Crippen molar-refractivity contribution < 1.29 is 13.9 Å². The number of alkyl halides is 1. The van der Waals surface area contributed by atoms with Gasteiger partial charge in [-0.05, 0) is 43.9 Å². The van der Waals surface area contributed by atoms with Gasteiger partial charge in [0.05, 0.1) is 12.1 Å². The maximum atomic E-state index is 12.8. The van der Waals surface area contributed by atoms with Gasteiger partial charge in [-0.25, -0.2) is 4.39 Å². The molecule has 2 fully saturated rings. The molecule has 3 heterocycles. The second-order valence-corrected chi connectivity index (χ2v) is 8.13. The summed E-state index contributed by atoms with van der Waals surface area (Å²) in [6, 6.07) is 11.8. The van der Waals surface area contributed by atoms with Gasteiger partial charge in [-0.15, -0.1) is 0 Å². The second kappa shape index (κ2) is 8.59.